The van der Waals surface area contributed by atoms with Gasteiger partial charge in [0.1, 0.15) is 21.1 Å². The highest BCUT2D eigenvalue weighted by Gasteiger charge is 2.29. The molecular weight excluding hydrogens is 362 g/mol. The van der Waals surface area contributed by atoms with E-state index in [1.165, 1.54) is 16.9 Å². The van der Waals surface area contributed by atoms with Crippen LogP contribution in [0.25, 0.3) is 21.5 Å². The van der Waals surface area contributed by atoms with Gasteiger partial charge in [-0.15, -0.1) is 11.3 Å². The number of ether oxygens (including phenoxy) is 1. The Bertz CT molecular complexity index is 1000. The van der Waals surface area contributed by atoms with Crippen molar-refractivity contribution in [3.63, 3.8) is 0 Å². The number of pyridine rings is 1. The van der Waals surface area contributed by atoms with Crippen LogP contribution in [0.3, 0.4) is 0 Å². The molecule has 142 valence electrons. The van der Waals surface area contributed by atoms with Crippen molar-refractivity contribution in [2.45, 2.75) is 52.1 Å². The van der Waals surface area contributed by atoms with Crippen molar-refractivity contribution in [2.75, 3.05) is 5.43 Å². The maximum atomic E-state index is 12.8. The predicted octanol–water partition coefficient (Wildman–Crippen LogP) is 4.68. The third-order valence-corrected chi connectivity index (χ3v) is 5.68. The van der Waals surface area contributed by atoms with E-state index in [0.717, 1.165) is 52.9 Å². The van der Waals surface area contributed by atoms with E-state index in [9.17, 15) is 4.79 Å². The fourth-order valence-electron chi connectivity index (χ4n) is 3.58. The van der Waals surface area contributed by atoms with E-state index in [2.05, 4.69) is 5.43 Å². The SMILES string of the molecule is CC(C)(C)OC(=O)c1sc2nc3c(c(-c4ccco4)c2c1NN)CCCC3. The Labute approximate surface area is 161 Å². The van der Waals surface area contributed by atoms with Gasteiger partial charge in [0.25, 0.3) is 0 Å². The van der Waals surface area contributed by atoms with Crippen LogP contribution in [0.4, 0.5) is 5.69 Å². The van der Waals surface area contributed by atoms with Crippen molar-refractivity contribution in [2.24, 2.45) is 5.84 Å². The third kappa shape index (κ3) is 3.21. The zero-order valence-electron chi connectivity index (χ0n) is 15.7. The molecule has 0 saturated heterocycles. The van der Waals surface area contributed by atoms with Crippen LogP contribution in [-0.4, -0.2) is 16.6 Å². The van der Waals surface area contributed by atoms with Gasteiger partial charge in [0, 0.05) is 16.6 Å². The first kappa shape index (κ1) is 18.0. The molecule has 0 unspecified atom stereocenters. The quantitative estimate of drug-likeness (QED) is 0.387. The number of aromatic nitrogens is 1. The van der Waals surface area contributed by atoms with Gasteiger partial charge in [-0.05, 0) is 64.2 Å². The molecule has 7 heteroatoms. The highest BCUT2D eigenvalue weighted by atomic mass is 32.1. The van der Waals surface area contributed by atoms with Gasteiger partial charge in [-0.2, -0.15) is 0 Å². The minimum absolute atomic E-state index is 0.401. The monoisotopic (exact) mass is 385 g/mol. The average Bonchev–Trinajstić information content (AvgIpc) is 3.25. The van der Waals surface area contributed by atoms with Crippen molar-refractivity contribution in [1.29, 1.82) is 0 Å². The number of hydrogen-bond donors (Lipinski definition) is 2. The van der Waals surface area contributed by atoms with Gasteiger partial charge in [0.05, 0.1) is 12.0 Å². The number of nitrogens with one attached hydrogen (secondary N) is 1. The van der Waals surface area contributed by atoms with Gasteiger partial charge in [0.2, 0.25) is 0 Å². The first-order chi connectivity index (χ1) is 12.9. The number of fused-ring (bicyclic) bond motifs is 2. The molecule has 1 aliphatic rings. The molecule has 27 heavy (non-hydrogen) atoms. The average molecular weight is 385 g/mol. The number of hydrazine groups is 1. The van der Waals surface area contributed by atoms with Crippen LogP contribution in [0.15, 0.2) is 22.8 Å². The second-order valence-electron chi connectivity index (χ2n) is 7.73. The Morgan fingerprint density at radius 2 is 2.11 bits per heavy atom. The van der Waals surface area contributed by atoms with Gasteiger partial charge in [-0.25, -0.2) is 9.78 Å². The molecule has 0 aromatic carbocycles. The summed E-state index contributed by atoms with van der Waals surface area (Å²) in [4.78, 5) is 18.8. The minimum atomic E-state index is -0.588. The molecule has 0 saturated carbocycles. The number of nitrogens with two attached hydrogens (primary N) is 1. The maximum absolute atomic E-state index is 12.8. The molecule has 0 radical (unpaired) electrons. The largest absolute Gasteiger partial charge is 0.464 e. The topological polar surface area (TPSA) is 90.4 Å². The van der Waals surface area contributed by atoms with E-state index in [1.807, 2.05) is 32.9 Å². The standard InChI is InChI=1S/C20H23N3O3S/c1-20(2,3)26-19(24)17-16(23-21)15-14(13-9-6-10-25-13)11-7-4-5-8-12(11)22-18(15)27-17/h6,9-10,23H,4-5,7-8,21H2,1-3H3. The number of aryl methyl sites for hydroxylation is 1. The Morgan fingerprint density at radius 1 is 1.33 bits per heavy atom. The lowest BCUT2D eigenvalue weighted by atomic mass is 9.89. The number of carbonyl (C=O) groups excluding carboxylic acids is 1. The Balaban J connectivity index is 2.00. The summed E-state index contributed by atoms with van der Waals surface area (Å²) in [5.41, 5.74) is 5.94. The number of esters is 1. The first-order valence-corrected chi connectivity index (χ1v) is 9.93. The number of furan rings is 1. The van der Waals surface area contributed by atoms with Crippen LogP contribution in [0, 0.1) is 0 Å². The smallest absolute Gasteiger partial charge is 0.351 e. The molecule has 0 spiro atoms. The van der Waals surface area contributed by atoms with Gasteiger partial charge in [0.15, 0.2) is 0 Å². The van der Waals surface area contributed by atoms with E-state index in [0.29, 0.717) is 10.6 Å². The molecule has 3 aromatic heterocycles. The summed E-state index contributed by atoms with van der Waals surface area (Å²) in [7, 11) is 0. The van der Waals surface area contributed by atoms with E-state index in [1.54, 1.807) is 6.26 Å². The molecule has 0 bridgehead atoms. The maximum Gasteiger partial charge on any atom is 0.351 e. The summed E-state index contributed by atoms with van der Waals surface area (Å²) in [5.74, 6) is 6.22. The van der Waals surface area contributed by atoms with Crippen molar-refractivity contribution in [3.8, 4) is 11.3 Å². The van der Waals surface area contributed by atoms with Crippen molar-refractivity contribution >= 4 is 33.2 Å². The van der Waals surface area contributed by atoms with Crippen LogP contribution < -0.4 is 11.3 Å². The molecule has 3 aromatic rings. The van der Waals surface area contributed by atoms with E-state index >= 15 is 0 Å². The number of hydrogen-bond acceptors (Lipinski definition) is 7. The lowest BCUT2D eigenvalue weighted by Gasteiger charge is -2.20. The lowest BCUT2D eigenvalue weighted by molar-refractivity contribution is 0.00763. The summed E-state index contributed by atoms with van der Waals surface area (Å²) in [6.45, 7) is 5.54. The van der Waals surface area contributed by atoms with Gasteiger partial charge in [-0.1, -0.05) is 0 Å². The van der Waals surface area contributed by atoms with Crippen molar-refractivity contribution < 1.29 is 13.9 Å². The molecule has 4 rings (SSSR count). The predicted molar refractivity (Wildman–Crippen MR) is 107 cm³/mol. The highest BCUT2D eigenvalue weighted by molar-refractivity contribution is 7.21. The number of nitrogen functional groups attached to an aromatic ring is 1. The highest BCUT2D eigenvalue weighted by Crippen LogP contribution is 2.45. The van der Waals surface area contributed by atoms with Crippen molar-refractivity contribution in [3.05, 3.63) is 34.5 Å². The van der Waals surface area contributed by atoms with E-state index in [-0.39, 0.29) is 0 Å². The summed E-state index contributed by atoms with van der Waals surface area (Å²) >= 11 is 1.31. The number of thiophene rings is 1. The molecule has 0 aliphatic heterocycles. The molecule has 1 aliphatic carbocycles. The molecular formula is C20H23N3O3S. The van der Waals surface area contributed by atoms with Crippen LogP contribution in [0.2, 0.25) is 0 Å². The molecule has 3 N–H and O–H groups in total. The van der Waals surface area contributed by atoms with E-state index < -0.39 is 11.6 Å². The molecule has 3 heterocycles. The zero-order valence-corrected chi connectivity index (χ0v) is 16.5. The Kier molecular flexibility index (Phi) is 4.44. The molecule has 0 fully saturated rings. The van der Waals surface area contributed by atoms with Crippen molar-refractivity contribution in [1.82, 2.24) is 4.98 Å². The second kappa shape index (κ2) is 6.65. The normalized spacial score (nSPS) is 14.2. The Hall–Kier alpha value is -2.38. The third-order valence-electron chi connectivity index (χ3n) is 4.61. The number of carbonyl (C=O) groups is 1. The molecule has 0 amide bonds. The Morgan fingerprint density at radius 3 is 2.78 bits per heavy atom. The first-order valence-electron chi connectivity index (χ1n) is 9.11. The minimum Gasteiger partial charge on any atom is -0.464 e. The van der Waals surface area contributed by atoms with Crippen LogP contribution in [0.1, 0.15) is 54.5 Å². The number of nitrogens with zero attached hydrogens (tertiary/aromatic N) is 1. The van der Waals surface area contributed by atoms with Gasteiger partial charge < -0.3 is 14.6 Å². The van der Waals surface area contributed by atoms with Gasteiger partial charge in [-0.3, -0.25) is 5.84 Å². The molecule has 0 atom stereocenters. The van der Waals surface area contributed by atoms with Crippen LogP contribution in [-0.2, 0) is 17.6 Å². The zero-order chi connectivity index (χ0) is 19.2. The number of anilines is 1. The summed E-state index contributed by atoms with van der Waals surface area (Å²) in [6.07, 6.45) is 5.77. The van der Waals surface area contributed by atoms with E-state index in [4.69, 9.17) is 20.0 Å². The van der Waals surface area contributed by atoms with Crippen LogP contribution in [0.5, 0.6) is 0 Å². The fraction of sp³-hybridized carbons (Fsp3) is 0.400. The summed E-state index contributed by atoms with van der Waals surface area (Å²) in [5, 5.41) is 0.832. The van der Waals surface area contributed by atoms with Crippen LogP contribution >= 0.6 is 11.3 Å². The number of rotatable bonds is 3. The lowest BCUT2D eigenvalue weighted by Crippen LogP contribution is -2.24. The van der Waals surface area contributed by atoms with Gasteiger partial charge >= 0.3 is 5.97 Å². The molecule has 6 nitrogen and oxygen atoms in total. The second-order valence-corrected chi connectivity index (χ2v) is 8.73. The summed E-state index contributed by atoms with van der Waals surface area (Å²) < 4.78 is 11.3. The summed E-state index contributed by atoms with van der Waals surface area (Å²) in [6, 6.07) is 3.81. The fourth-order valence-corrected chi connectivity index (χ4v) is 4.63.